The fraction of sp³-hybridized carbons (Fsp3) is 0.250. The molecule has 1 N–H and O–H groups in total. The summed E-state index contributed by atoms with van der Waals surface area (Å²) in [6, 6.07) is 10.2. The summed E-state index contributed by atoms with van der Waals surface area (Å²) in [6.07, 6.45) is 0. The highest BCUT2D eigenvalue weighted by molar-refractivity contribution is 6.33. The third-order valence-electron chi connectivity index (χ3n) is 1.15. The van der Waals surface area contributed by atoms with Gasteiger partial charge >= 0.3 is 7.54 Å². The van der Waals surface area contributed by atoms with Crippen molar-refractivity contribution in [2.24, 2.45) is 0 Å². The third kappa shape index (κ3) is 8.78. The first kappa shape index (κ1) is 11.9. The highest BCUT2D eigenvalue weighted by Gasteiger charge is 2.06. The van der Waals surface area contributed by atoms with Crippen molar-refractivity contribution in [3.63, 3.8) is 0 Å². The number of hydrogen-bond acceptors (Lipinski definition) is 1. The van der Waals surface area contributed by atoms with Crippen LogP contribution in [-0.2, 0) is 0 Å². The molecule has 1 aromatic carbocycles. The highest BCUT2D eigenvalue weighted by Crippen LogP contribution is 2.02. The third-order valence-corrected chi connectivity index (χ3v) is 1.15. The lowest BCUT2D eigenvalue weighted by atomic mass is 10.3. The molecule has 0 aliphatic rings. The van der Waals surface area contributed by atoms with Crippen LogP contribution in [0, 0.1) is 0 Å². The summed E-state index contributed by atoms with van der Waals surface area (Å²) in [4.78, 5) is 0. The van der Waals surface area contributed by atoms with E-state index in [1.165, 1.54) is 5.69 Å². The molecule has 1 nitrogen and oxygen atoms in total. The predicted molar refractivity (Wildman–Crippen MR) is 49.7 cm³/mol. The molecule has 0 aliphatic heterocycles. The molecule has 0 radical (unpaired) electrons. The topological polar surface area (TPSA) is 12.0 Å². The normalized spacial score (nSPS) is 8.31. The van der Waals surface area contributed by atoms with E-state index in [4.69, 9.17) is 0 Å². The molecule has 0 amide bonds. The number of hydrogen-bond donors (Lipinski definition) is 1. The Bertz CT molecular complexity index is 203. The second kappa shape index (κ2) is 7.52. The van der Waals surface area contributed by atoms with Crippen molar-refractivity contribution in [2.75, 3.05) is 11.9 Å². The van der Waals surface area contributed by atoms with E-state index >= 15 is 0 Å². The van der Waals surface area contributed by atoms with E-state index in [-0.39, 0.29) is 0 Å². The van der Waals surface area contributed by atoms with Gasteiger partial charge in [-0.15, -0.1) is 0 Å². The first-order valence-electron chi connectivity index (χ1n) is 3.88. The Labute approximate surface area is 76.2 Å². The van der Waals surface area contributed by atoms with Crippen LogP contribution in [0.5, 0.6) is 0 Å². The van der Waals surface area contributed by atoms with Gasteiger partial charge in [0.25, 0.3) is 0 Å². The standard InChI is InChI=1S/C8H11N.BF3/c1-2-9-8-6-4-3-5-7-8;2-1(3)4/h3-7,9H,2H2,1H3;. The van der Waals surface area contributed by atoms with E-state index in [0.29, 0.717) is 0 Å². The summed E-state index contributed by atoms with van der Waals surface area (Å²) in [5.74, 6) is 0. The predicted octanol–water partition coefficient (Wildman–Crippen LogP) is 3.00. The second-order valence-corrected chi connectivity index (χ2v) is 2.14. The Morgan fingerprint density at radius 2 is 1.62 bits per heavy atom. The zero-order valence-electron chi connectivity index (χ0n) is 7.31. The van der Waals surface area contributed by atoms with Gasteiger partial charge in [0.1, 0.15) is 0 Å². The van der Waals surface area contributed by atoms with E-state index < -0.39 is 7.54 Å². The average Bonchev–Trinajstić information content (AvgIpc) is 2.06. The van der Waals surface area contributed by atoms with Crippen molar-refractivity contribution in [2.45, 2.75) is 6.92 Å². The van der Waals surface area contributed by atoms with Crippen LogP contribution in [0.1, 0.15) is 6.92 Å². The summed E-state index contributed by atoms with van der Waals surface area (Å²) in [5.41, 5.74) is 1.19. The largest absolute Gasteiger partial charge is 0.762 e. The number of benzene rings is 1. The lowest BCUT2D eigenvalue weighted by molar-refractivity contribution is 0.535. The van der Waals surface area contributed by atoms with E-state index in [0.717, 1.165) is 6.54 Å². The van der Waals surface area contributed by atoms with Crippen LogP contribution in [0.2, 0.25) is 0 Å². The number of halogens is 3. The second-order valence-electron chi connectivity index (χ2n) is 2.14. The first-order chi connectivity index (χ1) is 6.16. The minimum absolute atomic E-state index is 0.990. The van der Waals surface area contributed by atoms with Crippen LogP contribution in [0.25, 0.3) is 0 Å². The summed E-state index contributed by atoms with van der Waals surface area (Å²) in [6.45, 7) is 3.08. The molecular formula is C8H11BF3N. The molecule has 0 spiro atoms. The average molecular weight is 189 g/mol. The molecular weight excluding hydrogens is 178 g/mol. The van der Waals surface area contributed by atoms with Crippen LogP contribution >= 0.6 is 0 Å². The molecule has 72 valence electrons. The summed E-state index contributed by atoms with van der Waals surface area (Å²) < 4.78 is 29.0. The van der Waals surface area contributed by atoms with Gasteiger partial charge in [0, 0.05) is 12.2 Å². The van der Waals surface area contributed by atoms with E-state index in [2.05, 4.69) is 24.4 Å². The molecule has 0 heterocycles. The van der Waals surface area contributed by atoms with Crippen LogP contribution in [0.15, 0.2) is 30.3 Å². The van der Waals surface area contributed by atoms with Crippen LogP contribution < -0.4 is 5.32 Å². The maximum Gasteiger partial charge on any atom is 0.762 e. The molecule has 0 bridgehead atoms. The van der Waals surface area contributed by atoms with Gasteiger partial charge in [0.05, 0.1) is 0 Å². The fourth-order valence-corrected chi connectivity index (χ4v) is 0.760. The first-order valence-corrected chi connectivity index (χ1v) is 3.88. The fourth-order valence-electron chi connectivity index (χ4n) is 0.760. The summed E-state index contributed by atoms with van der Waals surface area (Å²) in [7, 11) is -3.67. The molecule has 0 aromatic heterocycles. The monoisotopic (exact) mass is 189 g/mol. The van der Waals surface area contributed by atoms with Gasteiger partial charge in [-0.05, 0) is 19.1 Å². The SMILES string of the molecule is CCNc1ccccc1.FB(F)F. The maximum absolute atomic E-state index is 9.67. The van der Waals surface area contributed by atoms with Crippen LogP contribution in [0.3, 0.4) is 0 Å². The molecule has 1 aromatic rings. The molecule has 0 fully saturated rings. The van der Waals surface area contributed by atoms with Gasteiger partial charge in [-0.2, -0.15) is 0 Å². The number of para-hydroxylation sites is 1. The Morgan fingerprint density at radius 1 is 1.15 bits per heavy atom. The van der Waals surface area contributed by atoms with Crippen LogP contribution in [-0.4, -0.2) is 14.1 Å². The quantitative estimate of drug-likeness (QED) is 0.705. The number of anilines is 1. The van der Waals surface area contributed by atoms with Gasteiger partial charge < -0.3 is 5.32 Å². The lowest BCUT2D eigenvalue weighted by Gasteiger charge is -1.99. The van der Waals surface area contributed by atoms with Gasteiger partial charge in [-0.1, -0.05) is 18.2 Å². The van der Waals surface area contributed by atoms with E-state index in [1.54, 1.807) is 0 Å². The Hall–Kier alpha value is -1.13. The van der Waals surface area contributed by atoms with E-state index in [9.17, 15) is 12.9 Å². The highest BCUT2D eigenvalue weighted by atomic mass is 19.4. The van der Waals surface area contributed by atoms with Gasteiger partial charge in [0.15, 0.2) is 0 Å². The maximum atomic E-state index is 9.67. The molecule has 1 rings (SSSR count). The molecule has 13 heavy (non-hydrogen) atoms. The van der Waals surface area contributed by atoms with Crippen molar-refractivity contribution in [1.82, 2.24) is 0 Å². The van der Waals surface area contributed by atoms with Crippen molar-refractivity contribution >= 4 is 13.2 Å². The van der Waals surface area contributed by atoms with E-state index in [1.807, 2.05) is 18.2 Å². The summed E-state index contributed by atoms with van der Waals surface area (Å²) in [5, 5.41) is 3.21. The van der Waals surface area contributed by atoms with Crippen molar-refractivity contribution in [1.29, 1.82) is 0 Å². The molecule has 0 saturated carbocycles. The number of nitrogens with one attached hydrogen (secondary N) is 1. The molecule has 0 aliphatic carbocycles. The smallest absolute Gasteiger partial charge is 0.385 e. The van der Waals surface area contributed by atoms with Crippen LogP contribution in [0.4, 0.5) is 18.6 Å². The zero-order chi connectivity index (χ0) is 10.1. The van der Waals surface area contributed by atoms with Crippen molar-refractivity contribution in [3.8, 4) is 0 Å². The van der Waals surface area contributed by atoms with Gasteiger partial charge in [0.2, 0.25) is 0 Å². The Morgan fingerprint density at radius 3 is 2.00 bits per heavy atom. The molecule has 5 heteroatoms. The molecule has 0 unspecified atom stereocenters. The minimum atomic E-state index is -3.67. The molecule has 0 atom stereocenters. The number of rotatable bonds is 2. The lowest BCUT2D eigenvalue weighted by Crippen LogP contribution is -1.94. The minimum Gasteiger partial charge on any atom is -0.385 e. The van der Waals surface area contributed by atoms with Gasteiger partial charge in [-0.25, -0.2) is 0 Å². The summed E-state index contributed by atoms with van der Waals surface area (Å²) >= 11 is 0. The van der Waals surface area contributed by atoms with Gasteiger partial charge in [-0.3, -0.25) is 12.9 Å². The van der Waals surface area contributed by atoms with Crippen molar-refractivity contribution in [3.05, 3.63) is 30.3 Å². The zero-order valence-corrected chi connectivity index (χ0v) is 7.31. The Balaban J connectivity index is 0.000000310. The molecule has 0 saturated heterocycles. The Kier molecular flexibility index (Phi) is 6.87. The van der Waals surface area contributed by atoms with Crippen molar-refractivity contribution < 1.29 is 12.9 Å².